The van der Waals surface area contributed by atoms with E-state index in [0.29, 0.717) is 22.4 Å². The summed E-state index contributed by atoms with van der Waals surface area (Å²) in [6, 6.07) is 21.7. The van der Waals surface area contributed by atoms with Crippen LogP contribution in [0, 0.1) is 21.4 Å². The molecule has 0 aromatic heterocycles. The number of benzene rings is 3. The number of nitro benzene ring substituents is 1. The molecule has 3 aromatic rings. The Morgan fingerprint density at radius 1 is 1.13 bits per heavy atom. The van der Waals surface area contributed by atoms with Crippen molar-refractivity contribution in [1.82, 2.24) is 5.32 Å². The maximum absolute atomic E-state index is 12.6. The number of ether oxygens (including phenoxy) is 1. The van der Waals surface area contributed by atoms with Crippen LogP contribution in [0.25, 0.3) is 0 Å². The Bertz CT molecular complexity index is 1120. The van der Waals surface area contributed by atoms with E-state index < -0.39 is 11.0 Å². The van der Waals surface area contributed by atoms with E-state index in [1.165, 1.54) is 12.1 Å². The van der Waals surface area contributed by atoms with Gasteiger partial charge in [0.1, 0.15) is 12.4 Å². The lowest BCUT2D eigenvalue weighted by molar-refractivity contribution is -0.384. The second-order valence-corrected chi connectivity index (χ2v) is 6.63. The van der Waals surface area contributed by atoms with Gasteiger partial charge in [0.05, 0.1) is 22.6 Å². The number of non-ortho nitro benzene ring substituents is 1. The third kappa shape index (κ3) is 5.00. The fourth-order valence-corrected chi connectivity index (χ4v) is 2.91. The van der Waals surface area contributed by atoms with Gasteiger partial charge in [0.15, 0.2) is 0 Å². The summed E-state index contributed by atoms with van der Waals surface area (Å²) in [6.45, 7) is 1.97. The summed E-state index contributed by atoms with van der Waals surface area (Å²) in [5, 5.41) is 22.9. The predicted octanol–water partition coefficient (Wildman–Crippen LogP) is 4.54. The number of nitriles is 1. The number of amides is 1. The van der Waals surface area contributed by atoms with Gasteiger partial charge in [-0.25, -0.2) is 0 Å². The largest absolute Gasteiger partial charge is 0.489 e. The normalized spacial score (nSPS) is 11.2. The van der Waals surface area contributed by atoms with Crippen LogP contribution in [0.15, 0.2) is 72.8 Å². The molecule has 0 aliphatic heterocycles. The second kappa shape index (κ2) is 9.34. The molecular weight excluding hydrogens is 382 g/mol. The van der Waals surface area contributed by atoms with Crippen molar-refractivity contribution in [2.75, 3.05) is 0 Å². The zero-order valence-corrected chi connectivity index (χ0v) is 16.2. The molecule has 150 valence electrons. The van der Waals surface area contributed by atoms with Crippen molar-refractivity contribution in [3.8, 4) is 11.8 Å². The zero-order chi connectivity index (χ0) is 21.5. The number of hydrogen-bond donors (Lipinski definition) is 1. The summed E-state index contributed by atoms with van der Waals surface area (Å²) in [5.74, 6) is 0.176. The van der Waals surface area contributed by atoms with Gasteiger partial charge in [-0.2, -0.15) is 5.26 Å². The topological polar surface area (TPSA) is 105 Å². The number of hydrogen-bond acceptors (Lipinski definition) is 5. The second-order valence-electron chi connectivity index (χ2n) is 6.63. The van der Waals surface area contributed by atoms with Crippen LogP contribution in [0.5, 0.6) is 5.75 Å². The van der Waals surface area contributed by atoms with Gasteiger partial charge in [0.25, 0.3) is 11.6 Å². The monoisotopic (exact) mass is 401 g/mol. The smallest absolute Gasteiger partial charge is 0.269 e. The van der Waals surface area contributed by atoms with Crippen molar-refractivity contribution in [3.63, 3.8) is 0 Å². The first-order valence-electron chi connectivity index (χ1n) is 9.24. The van der Waals surface area contributed by atoms with E-state index >= 15 is 0 Å². The lowest BCUT2D eigenvalue weighted by Gasteiger charge is -2.15. The Morgan fingerprint density at radius 2 is 1.90 bits per heavy atom. The number of nitrogens with zero attached hydrogens (tertiary/aromatic N) is 2. The van der Waals surface area contributed by atoms with Gasteiger partial charge in [-0.15, -0.1) is 0 Å². The molecule has 0 radical (unpaired) electrons. The highest BCUT2D eigenvalue weighted by Gasteiger charge is 2.15. The Morgan fingerprint density at radius 3 is 2.67 bits per heavy atom. The van der Waals surface area contributed by atoms with E-state index in [1.54, 1.807) is 55.5 Å². The SMILES string of the molecule is CC(NC(=O)c1cccc(OCc2ccccc2C#N)c1)c1cccc([N+](=O)[O-])c1. The third-order valence-corrected chi connectivity index (χ3v) is 4.56. The summed E-state index contributed by atoms with van der Waals surface area (Å²) >= 11 is 0. The van der Waals surface area contributed by atoms with Crippen LogP contribution in [0.3, 0.4) is 0 Å². The molecule has 0 saturated carbocycles. The predicted molar refractivity (Wildman–Crippen MR) is 111 cm³/mol. The minimum atomic E-state index is -0.469. The molecule has 0 heterocycles. The molecule has 1 N–H and O–H groups in total. The highest BCUT2D eigenvalue weighted by molar-refractivity contribution is 5.94. The lowest BCUT2D eigenvalue weighted by atomic mass is 10.1. The van der Waals surface area contributed by atoms with Crippen LogP contribution in [-0.2, 0) is 6.61 Å². The van der Waals surface area contributed by atoms with Crippen molar-refractivity contribution < 1.29 is 14.5 Å². The van der Waals surface area contributed by atoms with Gasteiger partial charge in [0, 0.05) is 23.3 Å². The summed E-state index contributed by atoms with van der Waals surface area (Å²) in [7, 11) is 0. The van der Waals surface area contributed by atoms with E-state index in [9.17, 15) is 14.9 Å². The van der Waals surface area contributed by atoms with E-state index in [1.807, 2.05) is 12.1 Å². The standard InChI is InChI=1S/C23H19N3O4/c1-16(17-8-4-10-21(12-17)26(28)29)25-23(27)18-9-5-11-22(13-18)30-15-20-7-3-2-6-19(20)14-24/h2-13,16H,15H2,1H3,(H,25,27). The first kappa shape index (κ1) is 20.6. The quantitative estimate of drug-likeness (QED) is 0.462. The fourth-order valence-electron chi connectivity index (χ4n) is 2.91. The van der Waals surface area contributed by atoms with Crippen LogP contribution < -0.4 is 10.1 Å². The van der Waals surface area contributed by atoms with Crippen molar-refractivity contribution in [2.24, 2.45) is 0 Å². The minimum Gasteiger partial charge on any atom is -0.489 e. The average Bonchev–Trinajstić information content (AvgIpc) is 2.78. The average molecular weight is 401 g/mol. The molecule has 7 heteroatoms. The number of nitrogens with one attached hydrogen (secondary N) is 1. The zero-order valence-electron chi connectivity index (χ0n) is 16.2. The molecule has 1 amide bonds. The molecule has 3 aromatic carbocycles. The molecule has 1 unspecified atom stereocenters. The highest BCUT2D eigenvalue weighted by atomic mass is 16.6. The summed E-state index contributed by atoms with van der Waals surface area (Å²) in [6.07, 6.45) is 0. The molecule has 0 aliphatic rings. The molecule has 30 heavy (non-hydrogen) atoms. The Kier molecular flexibility index (Phi) is 6.40. The highest BCUT2D eigenvalue weighted by Crippen LogP contribution is 2.21. The van der Waals surface area contributed by atoms with Crippen LogP contribution in [0.4, 0.5) is 5.69 Å². The lowest BCUT2D eigenvalue weighted by Crippen LogP contribution is -2.26. The molecule has 3 rings (SSSR count). The molecular formula is C23H19N3O4. The number of carbonyl (C=O) groups is 1. The Hall–Kier alpha value is -4.18. The van der Waals surface area contributed by atoms with Gasteiger partial charge in [-0.3, -0.25) is 14.9 Å². The molecule has 7 nitrogen and oxygen atoms in total. The van der Waals surface area contributed by atoms with Crippen LogP contribution in [-0.4, -0.2) is 10.8 Å². The van der Waals surface area contributed by atoms with Gasteiger partial charge >= 0.3 is 0 Å². The van der Waals surface area contributed by atoms with Crippen LogP contribution >= 0.6 is 0 Å². The van der Waals surface area contributed by atoms with Crippen molar-refractivity contribution in [2.45, 2.75) is 19.6 Å². The van der Waals surface area contributed by atoms with E-state index in [4.69, 9.17) is 10.00 Å². The van der Waals surface area contributed by atoms with Crippen molar-refractivity contribution >= 4 is 11.6 Å². The molecule has 0 fully saturated rings. The maximum atomic E-state index is 12.6. The molecule has 0 saturated heterocycles. The maximum Gasteiger partial charge on any atom is 0.269 e. The van der Waals surface area contributed by atoms with Gasteiger partial charge < -0.3 is 10.1 Å². The summed E-state index contributed by atoms with van der Waals surface area (Å²) < 4.78 is 5.75. The summed E-state index contributed by atoms with van der Waals surface area (Å²) in [5.41, 5.74) is 2.31. The first-order valence-corrected chi connectivity index (χ1v) is 9.24. The fraction of sp³-hybridized carbons (Fsp3) is 0.130. The molecule has 0 bridgehead atoms. The Balaban J connectivity index is 1.68. The van der Waals surface area contributed by atoms with Crippen molar-refractivity contribution in [3.05, 3.63) is 105 Å². The van der Waals surface area contributed by atoms with E-state index in [-0.39, 0.29) is 18.2 Å². The summed E-state index contributed by atoms with van der Waals surface area (Å²) in [4.78, 5) is 23.1. The molecule has 0 spiro atoms. The minimum absolute atomic E-state index is 0.0263. The van der Waals surface area contributed by atoms with Crippen molar-refractivity contribution in [1.29, 1.82) is 5.26 Å². The van der Waals surface area contributed by atoms with Gasteiger partial charge in [-0.05, 0) is 36.8 Å². The number of carbonyl (C=O) groups excluding carboxylic acids is 1. The van der Waals surface area contributed by atoms with Crippen LogP contribution in [0.2, 0.25) is 0 Å². The Labute approximate surface area is 173 Å². The van der Waals surface area contributed by atoms with Gasteiger partial charge in [-0.1, -0.05) is 36.4 Å². The molecule has 0 aliphatic carbocycles. The number of nitro groups is 1. The van der Waals surface area contributed by atoms with E-state index in [0.717, 1.165) is 5.56 Å². The van der Waals surface area contributed by atoms with Gasteiger partial charge in [0.2, 0.25) is 0 Å². The first-order chi connectivity index (χ1) is 14.5. The third-order valence-electron chi connectivity index (χ3n) is 4.56. The van der Waals surface area contributed by atoms with E-state index in [2.05, 4.69) is 11.4 Å². The van der Waals surface area contributed by atoms with Crippen LogP contribution in [0.1, 0.15) is 40.0 Å². The molecule has 1 atom stereocenters. The number of rotatable bonds is 7.